The highest BCUT2D eigenvalue weighted by atomic mass is 127. The van der Waals surface area contributed by atoms with Crippen molar-refractivity contribution in [2.24, 2.45) is 4.99 Å². The lowest BCUT2D eigenvalue weighted by molar-refractivity contribution is 0.0376. The molecule has 0 bridgehead atoms. The molecule has 0 amide bonds. The van der Waals surface area contributed by atoms with Crippen molar-refractivity contribution in [1.29, 1.82) is 0 Å². The largest absolute Gasteiger partial charge is 0.478 e. The van der Waals surface area contributed by atoms with E-state index in [-0.39, 0.29) is 24.0 Å². The molecule has 2 N–H and O–H groups in total. The van der Waals surface area contributed by atoms with E-state index >= 15 is 0 Å². The van der Waals surface area contributed by atoms with Crippen LogP contribution in [0.5, 0.6) is 5.88 Å². The van der Waals surface area contributed by atoms with Crippen molar-refractivity contribution < 1.29 is 9.47 Å². The molecule has 1 aromatic rings. The Morgan fingerprint density at radius 2 is 2.07 bits per heavy atom. The van der Waals surface area contributed by atoms with Crippen molar-refractivity contribution in [2.75, 3.05) is 52.5 Å². The molecule has 1 fully saturated rings. The Bertz CT molecular complexity index is 521. The molecule has 1 aromatic heterocycles. The Labute approximate surface area is 180 Å². The number of halogens is 1. The summed E-state index contributed by atoms with van der Waals surface area (Å²) in [5.74, 6) is 1.52. The quantitative estimate of drug-likeness (QED) is 0.227. The van der Waals surface area contributed by atoms with Gasteiger partial charge in [-0.05, 0) is 31.9 Å². The van der Waals surface area contributed by atoms with Gasteiger partial charge in [0, 0.05) is 38.4 Å². The first-order valence-corrected chi connectivity index (χ1v) is 9.71. The molecule has 154 valence electrons. The lowest BCUT2D eigenvalue weighted by Crippen LogP contribution is -2.40. The Morgan fingerprint density at radius 1 is 1.26 bits per heavy atom. The first-order valence-electron chi connectivity index (χ1n) is 9.71. The van der Waals surface area contributed by atoms with E-state index in [0.29, 0.717) is 19.0 Å². The van der Waals surface area contributed by atoms with Gasteiger partial charge in [0.2, 0.25) is 5.88 Å². The maximum absolute atomic E-state index is 5.51. The van der Waals surface area contributed by atoms with Crippen LogP contribution in [0.25, 0.3) is 0 Å². The first kappa shape index (κ1) is 23.9. The third-order valence-electron chi connectivity index (χ3n) is 4.06. The minimum Gasteiger partial charge on any atom is -0.478 e. The summed E-state index contributed by atoms with van der Waals surface area (Å²) >= 11 is 0. The highest BCUT2D eigenvalue weighted by Gasteiger charge is 2.09. The number of ether oxygens (including phenoxy) is 2. The SMILES string of the molecule is CCCOc1ccc(CN=C(NCC)NCCCN2CCOCC2)cn1.I. The summed E-state index contributed by atoms with van der Waals surface area (Å²) in [6, 6.07) is 3.92. The topological polar surface area (TPSA) is 71.0 Å². The van der Waals surface area contributed by atoms with Crippen LogP contribution in [-0.2, 0) is 11.3 Å². The predicted octanol–water partition coefficient (Wildman–Crippen LogP) is 2.27. The molecule has 1 aliphatic heterocycles. The van der Waals surface area contributed by atoms with E-state index < -0.39 is 0 Å². The van der Waals surface area contributed by atoms with Crippen molar-refractivity contribution in [3.63, 3.8) is 0 Å². The molecule has 0 saturated carbocycles. The van der Waals surface area contributed by atoms with Crippen LogP contribution in [-0.4, -0.2) is 68.4 Å². The summed E-state index contributed by atoms with van der Waals surface area (Å²) in [6.07, 6.45) is 3.91. The molecule has 7 nitrogen and oxygen atoms in total. The van der Waals surface area contributed by atoms with E-state index in [9.17, 15) is 0 Å². The average molecular weight is 491 g/mol. The lowest BCUT2D eigenvalue weighted by Gasteiger charge is -2.26. The van der Waals surface area contributed by atoms with Crippen molar-refractivity contribution in [3.8, 4) is 5.88 Å². The zero-order chi connectivity index (χ0) is 18.5. The van der Waals surface area contributed by atoms with Crippen molar-refractivity contribution in [1.82, 2.24) is 20.5 Å². The number of morpholine rings is 1. The molecule has 0 aliphatic carbocycles. The van der Waals surface area contributed by atoms with Gasteiger partial charge in [0.25, 0.3) is 0 Å². The van der Waals surface area contributed by atoms with Gasteiger partial charge in [-0.25, -0.2) is 9.98 Å². The fourth-order valence-electron chi connectivity index (χ4n) is 2.64. The highest BCUT2D eigenvalue weighted by molar-refractivity contribution is 14.0. The maximum Gasteiger partial charge on any atom is 0.213 e. The molecule has 2 rings (SSSR count). The van der Waals surface area contributed by atoms with Crippen LogP contribution >= 0.6 is 24.0 Å². The molecule has 8 heteroatoms. The average Bonchev–Trinajstić information content (AvgIpc) is 2.69. The number of hydrogen-bond donors (Lipinski definition) is 2. The number of hydrogen-bond acceptors (Lipinski definition) is 5. The summed E-state index contributed by atoms with van der Waals surface area (Å²) < 4.78 is 10.9. The molecular formula is C19H34IN5O2. The van der Waals surface area contributed by atoms with Gasteiger partial charge in [-0.15, -0.1) is 24.0 Å². The Hall–Kier alpha value is -1.13. The van der Waals surface area contributed by atoms with Gasteiger partial charge >= 0.3 is 0 Å². The lowest BCUT2D eigenvalue weighted by atomic mass is 10.3. The molecular weight excluding hydrogens is 457 g/mol. The Morgan fingerprint density at radius 3 is 2.74 bits per heavy atom. The number of pyridine rings is 1. The normalized spacial score (nSPS) is 15.1. The predicted molar refractivity (Wildman–Crippen MR) is 120 cm³/mol. The summed E-state index contributed by atoms with van der Waals surface area (Å²) in [7, 11) is 0. The first-order chi connectivity index (χ1) is 12.8. The minimum absolute atomic E-state index is 0. The molecule has 1 saturated heterocycles. The maximum atomic E-state index is 5.51. The highest BCUT2D eigenvalue weighted by Crippen LogP contribution is 2.08. The van der Waals surface area contributed by atoms with Gasteiger partial charge in [0.15, 0.2) is 5.96 Å². The second-order valence-electron chi connectivity index (χ2n) is 6.28. The number of nitrogens with one attached hydrogen (secondary N) is 2. The van der Waals surface area contributed by atoms with Crippen molar-refractivity contribution in [2.45, 2.75) is 33.2 Å². The van der Waals surface area contributed by atoms with Gasteiger partial charge in [0.1, 0.15) is 0 Å². The molecule has 0 spiro atoms. The number of aromatic nitrogens is 1. The fraction of sp³-hybridized carbons (Fsp3) is 0.684. The number of guanidine groups is 1. The summed E-state index contributed by atoms with van der Waals surface area (Å²) in [6.45, 7) is 12.1. The smallest absolute Gasteiger partial charge is 0.213 e. The summed E-state index contributed by atoms with van der Waals surface area (Å²) in [5, 5.41) is 6.70. The second-order valence-corrected chi connectivity index (χ2v) is 6.28. The van der Waals surface area contributed by atoms with E-state index in [1.807, 2.05) is 18.3 Å². The van der Waals surface area contributed by atoms with Crippen molar-refractivity contribution in [3.05, 3.63) is 23.9 Å². The van der Waals surface area contributed by atoms with Crippen LogP contribution in [0.4, 0.5) is 0 Å². The molecule has 0 atom stereocenters. The van der Waals surface area contributed by atoms with Crippen LogP contribution in [0.15, 0.2) is 23.3 Å². The van der Waals surface area contributed by atoms with Gasteiger partial charge < -0.3 is 20.1 Å². The van der Waals surface area contributed by atoms with Gasteiger partial charge in [-0.3, -0.25) is 4.90 Å². The molecule has 0 unspecified atom stereocenters. The van der Waals surface area contributed by atoms with Gasteiger partial charge in [-0.1, -0.05) is 13.0 Å². The monoisotopic (exact) mass is 491 g/mol. The summed E-state index contributed by atoms with van der Waals surface area (Å²) in [4.78, 5) is 11.4. The van der Waals surface area contributed by atoms with Crippen LogP contribution < -0.4 is 15.4 Å². The molecule has 27 heavy (non-hydrogen) atoms. The third kappa shape index (κ3) is 10.1. The standard InChI is InChI=1S/C19H33N5O2.HI/c1-3-12-26-18-7-6-17(15-22-18)16-23-19(20-4-2)21-8-5-9-24-10-13-25-14-11-24;/h6-7,15H,3-5,8-14,16H2,1-2H3,(H2,20,21,23);1H. The fourth-order valence-corrected chi connectivity index (χ4v) is 2.64. The Balaban J connectivity index is 0.00000364. The Kier molecular flexibility index (Phi) is 13.2. The third-order valence-corrected chi connectivity index (χ3v) is 4.06. The van der Waals surface area contributed by atoms with Crippen LogP contribution in [0.1, 0.15) is 32.3 Å². The van der Waals surface area contributed by atoms with E-state index in [0.717, 1.165) is 70.3 Å². The van der Waals surface area contributed by atoms with Crippen LogP contribution in [0, 0.1) is 0 Å². The van der Waals surface area contributed by atoms with E-state index in [4.69, 9.17) is 9.47 Å². The van der Waals surface area contributed by atoms with E-state index in [1.165, 1.54) is 0 Å². The molecule has 1 aliphatic rings. The molecule has 0 aromatic carbocycles. The second kappa shape index (κ2) is 14.9. The number of rotatable bonds is 10. The number of aliphatic imine (C=N–C) groups is 1. The van der Waals surface area contributed by atoms with E-state index in [2.05, 4.69) is 39.4 Å². The van der Waals surface area contributed by atoms with E-state index in [1.54, 1.807) is 0 Å². The molecule has 2 heterocycles. The zero-order valence-electron chi connectivity index (χ0n) is 16.6. The molecule has 0 radical (unpaired) electrons. The van der Waals surface area contributed by atoms with Crippen molar-refractivity contribution >= 4 is 29.9 Å². The number of nitrogens with zero attached hydrogens (tertiary/aromatic N) is 3. The van der Waals surface area contributed by atoms with Crippen LogP contribution in [0.3, 0.4) is 0 Å². The van der Waals surface area contributed by atoms with Gasteiger partial charge in [-0.2, -0.15) is 0 Å². The van der Waals surface area contributed by atoms with Crippen LogP contribution in [0.2, 0.25) is 0 Å². The minimum atomic E-state index is 0. The van der Waals surface area contributed by atoms with Gasteiger partial charge in [0.05, 0.1) is 26.4 Å². The zero-order valence-corrected chi connectivity index (χ0v) is 18.9. The summed E-state index contributed by atoms with van der Waals surface area (Å²) in [5.41, 5.74) is 1.07.